The number of amides is 1. The van der Waals surface area contributed by atoms with Crippen molar-refractivity contribution in [2.45, 2.75) is 32.8 Å². The van der Waals surface area contributed by atoms with Gasteiger partial charge in [-0.05, 0) is 38.8 Å². The van der Waals surface area contributed by atoms with Crippen molar-refractivity contribution in [2.24, 2.45) is 11.8 Å². The summed E-state index contributed by atoms with van der Waals surface area (Å²) in [4.78, 5) is 22.8. The Morgan fingerprint density at radius 1 is 1.29 bits per heavy atom. The van der Waals surface area contributed by atoms with Gasteiger partial charge in [-0.3, -0.25) is 9.59 Å². The van der Waals surface area contributed by atoms with Crippen molar-refractivity contribution < 1.29 is 19.4 Å². The Bertz CT molecular complexity index is 512. The first-order chi connectivity index (χ1) is 9.97. The molecule has 1 aliphatic rings. The molecule has 0 aromatic heterocycles. The molecule has 2 rings (SSSR count). The molecule has 0 saturated heterocycles. The number of carboxylic acid groups (broad SMARTS) is 1. The maximum atomic E-state index is 11.9. The highest BCUT2D eigenvalue weighted by molar-refractivity contribution is 5.86. The molecule has 5 nitrogen and oxygen atoms in total. The van der Waals surface area contributed by atoms with Crippen LogP contribution in [0.4, 0.5) is 0 Å². The zero-order valence-electron chi connectivity index (χ0n) is 12.3. The lowest BCUT2D eigenvalue weighted by molar-refractivity contribution is -0.152. The number of carbonyl (C=O) groups excluding carboxylic acids is 1. The van der Waals surface area contributed by atoms with Gasteiger partial charge in [-0.2, -0.15) is 0 Å². The van der Waals surface area contributed by atoms with E-state index < -0.39 is 17.8 Å². The summed E-state index contributed by atoms with van der Waals surface area (Å²) in [6.45, 7) is 4.25. The van der Waals surface area contributed by atoms with Crippen LogP contribution in [0.25, 0.3) is 0 Å². The van der Waals surface area contributed by atoms with Gasteiger partial charge in [0.25, 0.3) is 0 Å². The van der Waals surface area contributed by atoms with Crippen LogP contribution in [0.5, 0.6) is 5.75 Å². The number of ether oxygens (including phenoxy) is 1. The lowest BCUT2D eigenvalue weighted by Crippen LogP contribution is -2.46. The summed E-state index contributed by atoms with van der Waals surface area (Å²) in [6, 6.07) is 7.71. The first-order valence-electron chi connectivity index (χ1n) is 7.21. The Kier molecular flexibility index (Phi) is 4.83. The number of aryl methyl sites for hydroxylation is 1. The van der Waals surface area contributed by atoms with Crippen molar-refractivity contribution in [2.75, 3.05) is 6.54 Å². The number of benzene rings is 1. The van der Waals surface area contributed by atoms with Crippen LogP contribution in [-0.2, 0) is 9.59 Å². The van der Waals surface area contributed by atoms with E-state index in [1.807, 2.05) is 38.1 Å². The molecule has 5 heteroatoms. The SMILES string of the molecule is Cc1ccc(OC(C)CNC(=O)C2CCC2C(=O)O)cc1. The molecular formula is C16H21NO4. The third-order valence-corrected chi connectivity index (χ3v) is 3.85. The summed E-state index contributed by atoms with van der Waals surface area (Å²) in [5.41, 5.74) is 1.16. The second kappa shape index (κ2) is 6.61. The van der Waals surface area contributed by atoms with Crippen LogP contribution < -0.4 is 10.1 Å². The number of carboxylic acids is 1. The molecule has 0 bridgehead atoms. The summed E-state index contributed by atoms with van der Waals surface area (Å²) in [6.07, 6.45) is 1.07. The second-order valence-corrected chi connectivity index (χ2v) is 5.62. The Hall–Kier alpha value is -2.04. The quantitative estimate of drug-likeness (QED) is 0.840. The average molecular weight is 291 g/mol. The number of hydrogen-bond donors (Lipinski definition) is 2. The van der Waals surface area contributed by atoms with E-state index in [-0.39, 0.29) is 12.0 Å². The lowest BCUT2D eigenvalue weighted by Gasteiger charge is -2.32. The van der Waals surface area contributed by atoms with E-state index in [0.717, 1.165) is 11.3 Å². The number of aliphatic carboxylic acids is 1. The molecule has 1 amide bonds. The summed E-state index contributed by atoms with van der Waals surface area (Å²) >= 11 is 0. The van der Waals surface area contributed by atoms with Crippen molar-refractivity contribution in [3.05, 3.63) is 29.8 Å². The van der Waals surface area contributed by atoms with Crippen molar-refractivity contribution in [1.29, 1.82) is 0 Å². The number of rotatable bonds is 6. The third kappa shape index (κ3) is 3.97. The molecule has 1 aromatic rings. The topological polar surface area (TPSA) is 75.6 Å². The number of carbonyl (C=O) groups is 2. The van der Waals surface area contributed by atoms with E-state index in [9.17, 15) is 9.59 Å². The van der Waals surface area contributed by atoms with Gasteiger partial charge in [0, 0.05) is 0 Å². The van der Waals surface area contributed by atoms with E-state index in [4.69, 9.17) is 9.84 Å². The molecule has 1 fully saturated rings. The first-order valence-corrected chi connectivity index (χ1v) is 7.21. The predicted molar refractivity (Wildman–Crippen MR) is 78.1 cm³/mol. The summed E-state index contributed by atoms with van der Waals surface area (Å²) in [5.74, 6) is -1.24. The summed E-state index contributed by atoms with van der Waals surface area (Å²) in [5, 5.41) is 11.7. The zero-order valence-corrected chi connectivity index (χ0v) is 12.3. The molecule has 0 heterocycles. The van der Waals surface area contributed by atoms with Crippen molar-refractivity contribution in [3.63, 3.8) is 0 Å². The standard InChI is InChI=1S/C16H21NO4/c1-10-3-5-12(6-4-10)21-11(2)9-17-15(18)13-7-8-14(13)16(19)20/h3-6,11,13-14H,7-9H2,1-2H3,(H,17,18)(H,19,20). The Balaban J connectivity index is 1.76. The van der Waals surface area contributed by atoms with Crippen LogP contribution in [-0.4, -0.2) is 29.6 Å². The molecule has 1 aliphatic carbocycles. The van der Waals surface area contributed by atoms with Gasteiger partial charge in [0.2, 0.25) is 5.91 Å². The molecule has 1 aromatic carbocycles. The molecule has 3 atom stereocenters. The van der Waals surface area contributed by atoms with E-state index >= 15 is 0 Å². The monoisotopic (exact) mass is 291 g/mol. The fraction of sp³-hybridized carbons (Fsp3) is 0.500. The predicted octanol–water partition coefficient (Wildman–Crippen LogP) is 1.99. The van der Waals surface area contributed by atoms with Gasteiger partial charge < -0.3 is 15.2 Å². The number of nitrogens with one attached hydrogen (secondary N) is 1. The third-order valence-electron chi connectivity index (χ3n) is 3.85. The van der Waals surface area contributed by atoms with Gasteiger partial charge >= 0.3 is 5.97 Å². The minimum absolute atomic E-state index is 0.167. The van der Waals surface area contributed by atoms with Crippen molar-refractivity contribution in [1.82, 2.24) is 5.32 Å². The van der Waals surface area contributed by atoms with Crippen LogP contribution in [0.2, 0.25) is 0 Å². The Morgan fingerprint density at radius 2 is 1.90 bits per heavy atom. The molecule has 1 saturated carbocycles. The molecule has 0 spiro atoms. The van der Waals surface area contributed by atoms with Crippen LogP contribution in [0, 0.1) is 18.8 Å². The first kappa shape index (κ1) is 15.4. The smallest absolute Gasteiger partial charge is 0.307 e. The molecular weight excluding hydrogens is 270 g/mol. The second-order valence-electron chi connectivity index (χ2n) is 5.62. The van der Waals surface area contributed by atoms with Gasteiger partial charge in [-0.25, -0.2) is 0 Å². The maximum Gasteiger partial charge on any atom is 0.307 e. The van der Waals surface area contributed by atoms with E-state index in [0.29, 0.717) is 19.4 Å². The van der Waals surface area contributed by atoms with Crippen LogP contribution >= 0.6 is 0 Å². The minimum atomic E-state index is -0.884. The fourth-order valence-electron chi connectivity index (χ4n) is 2.38. The normalized spacial score (nSPS) is 22.0. The van der Waals surface area contributed by atoms with Gasteiger partial charge in [0.15, 0.2) is 0 Å². The fourth-order valence-corrected chi connectivity index (χ4v) is 2.38. The van der Waals surface area contributed by atoms with Gasteiger partial charge in [-0.15, -0.1) is 0 Å². The van der Waals surface area contributed by atoms with Crippen LogP contribution in [0.15, 0.2) is 24.3 Å². The van der Waals surface area contributed by atoms with Crippen molar-refractivity contribution in [3.8, 4) is 5.75 Å². The number of hydrogen-bond acceptors (Lipinski definition) is 3. The Morgan fingerprint density at radius 3 is 2.43 bits per heavy atom. The van der Waals surface area contributed by atoms with Gasteiger partial charge in [0.05, 0.1) is 18.4 Å². The molecule has 3 unspecified atom stereocenters. The Labute approximate surface area is 124 Å². The van der Waals surface area contributed by atoms with E-state index in [1.54, 1.807) is 0 Å². The van der Waals surface area contributed by atoms with E-state index in [1.165, 1.54) is 0 Å². The van der Waals surface area contributed by atoms with E-state index in [2.05, 4.69) is 5.32 Å². The summed E-state index contributed by atoms with van der Waals surface area (Å²) < 4.78 is 5.69. The highest BCUT2D eigenvalue weighted by Crippen LogP contribution is 2.34. The molecule has 0 aliphatic heterocycles. The highest BCUT2D eigenvalue weighted by Gasteiger charge is 2.41. The zero-order chi connectivity index (χ0) is 15.4. The van der Waals surface area contributed by atoms with Gasteiger partial charge in [-0.1, -0.05) is 17.7 Å². The van der Waals surface area contributed by atoms with Crippen LogP contribution in [0.3, 0.4) is 0 Å². The lowest BCUT2D eigenvalue weighted by atomic mass is 9.73. The minimum Gasteiger partial charge on any atom is -0.489 e. The maximum absolute atomic E-state index is 11.9. The molecule has 2 N–H and O–H groups in total. The molecule has 21 heavy (non-hydrogen) atoms. The van der Waals surface area contributed by atoms with Gasteiger partial charge in [0.1, 0.15) is 11.9 Å². The largest absolute Gasteiger partial charge is 0.489 e. The summed E-state index contributed by atoms with van der Waals surface area (Å²) in [7, 11) is 0. The van der Waals surface area contributed by atoms with Crippen molar-refractivity contribution >= 4 is 11.9 Å². The molecule has 0 radical (unpaired) electrons. The van der Waals surface area contributed by atoms with Crippen LogP contribution in [0.1, 0.15) is 25.3 Å². The highest BCUT2D eigenvalue weighted by atomic mass is 16.5. The average Bonchev–Trinajstić information content (AvgIpc) is 2.37. The molecule has 114 valence electrons.